The summed E-state index contributed by atoms with van der Waals surface area (Å²) in [6.45, 7) is 3.88. The van der Waals surface area contributed by atoms with Crippen LogP contribution in [0.5, 0.6) is 5.75 Å². The molecule has 0 amide bonds. The van der Waals surface area contributed by atoms with Gasteiger partial charge >= 0.3 is 0 Å². The maximum atomic E-state index is 12.6. The first-order chi connectivity index (χ1) is 12.0. The van der Waals surface area contributed by atoms with E-state index in [1.165, 1.54) is 0 Å². The molecule has 1 aromatic carbocycles. The second-order valence-electron chi connectivity index (χ2n) is 6.88. The molecule has 1 fully saturated rings. The van der Waals surface area contributed by atoms with Gasteiger partial charge < -0.3 is 14.1 Å². The summed E-state index contributed by atoms with van der Waals surface area (Å²) in [6.07, 6.45) is 2.12. The molecule has 0 spiro atoms. The van der Waals surface area contributed by atoms with Gasteiger partial charge in [0.1, 0.15) is 5.75 Å². The van der Waals surface area contributed by atoms with Crippen molar-refractivity contribution in [1.82, 2.24) is 9.38 Å². The number of nitrogens with zero attached hydrogens (tertiary/aromatic N) is 3. The van der Waals surface area contributed by atoms with E-state index in [0.29, 0.717) is 26.1 Å². The van der Waals surface area contributed by atoms with E-state index >= 15 is 0 Å². The molecule has 0 aliphatic carbocycles. The van der Waals surface area contributed by atoms with Crippen LogP contribution in [0.4, 0.5) is 0 Å². The van der Waals surface area contributed by atoms with Gasteiger partial charge in [-0.2, -0.15) is 5.26 Å². The molecular weight excluding hydrogens is 313 g/mol. The van der Waals surface area contributed by atoms with Crippen LogP contribution < -0.4 is 10.3 Å². The van der Waals surface area contributed by atoms with Gasteiger partial charge in [0.2, 0.25) is 0 Å². The van der Waals surface area contributed by atoms with Crippen molar-refractivity contribution in [3.8, 4) is 11.8 Å². The first-order valence-electron chi connectivity index (χ1n) is 8.57. The van der Waals surface area contributed by atoms with Crippen molar-refractivity contribution >= 4 is 18.9 Å². The molecule has 2 radical (unpaired) electrons. The Morgan fingerprint density at radius 3 is 2.68 bits per heavy atom. The first-order valence-corrected chi connectivity index (χ1v) is 8.57. The molecule has 0 bridgehead atoms. The number of benzene rings is 1. The van der Waals surface area contributed by atoms with Gasteiger partial charge in [0, 0.05) is 24.1 Å². The number of nitriles is 1. The number of methoxy groups -OCH3 is 1. The van der Waals surface area contributed by atoms with Gasteiger partial charge in [-0.05, 0) is 57.0 Å². The van der Waals surface area contributed by atoms with E-state index < -0.39 is 5.41 Å². The van der Waals surface area contributed by atoms with Crippen LogP contribution in [0.1, 0.15) is 24.8 Å². The molecule has 1 aromatic heterocycles. The highest BCUT2D eigenvalue weighted by molar-refractivity contribution is 6.04. The van der Waals surface area contributed by atoms with Crippen LogP contribution in [0.2, 0.25) is 0 Å². The zero-order valence-electron chi connectivity index (χ0n) is 14.8. The Kier molecular flexibility index (Phi) is 4.87. The van der Waals surface area contributed by atoms with Gasteiger partial charge in [0.05, 0.1) is 24.1 Å². The molecule has 0 atom stereocenters. The van der Waals surface area contributed by atoms with E-state index in [2.05, 4.69) is 6.07 Å². The molecule has 1 aliphatic heterocycles. The number of hydrogen-bond donors (Lipinski definition) is 0. The van der Waals surface area contributed by atoms with Gasteiger partial charge in [-0.1, -0.05) is 0 Å². The maximum Gasteiger partial charge on any atom is 0.251 e. The van der Waals surface area contributed by atoms with Crippen LogP contribution in [0.25, 0.3) is 10.9 Å². The lowest BCUT2D eigenvalue weighted by Gasteiger charge is -2.36. The largest absolute Gasteiger partial charge is 0.497 e. The fourth-order valence-corrected chi connectivity index (χ4v) is 3.58. The molecule has 128 valence electrons. The number of aryl methyl sites for hydroxylation is 2. The van der Waals surface area contributed by atoms with Crippen LogP contribution in [-0.4, -0.2) is 37.6 Å². The molecule has 2 heterocycles. The van der Waals surface area contributed by atoms with E-state index in [1.54, 1.807) is 22.6 Å². The summed E-state index contributed by atoms with van der Waals surface area (Å²) in [6, 6.07) is 9.92. The Bertz CT molecular complexity index is 877. The molecule has 1 saturated heterocycles. The third kappa shape index (κ3) is 3.43. The molecule has 0 N–H and O–H groups in total. The molecule has 6 heteroatoms. The third-order valence-corrected chi connectivity index (χ3v) is 5.33. The number of rotatable bonds is 4. The highest BCUT2D eigenvalue weighted by Gasteiger charge is 2.33. The van der Waals surface area contributed by atoms with Crippen molar-refractivity contribution in [2.24, 2.45) is 5.41 Å². The maximum absolute atomic E-state index is 12.6. The normalized spacial score (nSPS) is 17.3. The average molecular weight is 335 g/mol. The highest BCUT2D eigenvalue weighted by Crippen LogP contribution is 2.34. The van der Waals surface area contributed by atoms with Gasteiger partial charge in [0.15, 0.2) is 7.98 Å². The minimum atomic E-state index is -0.411. The van der Waals surface area contributed by atoms with E-state index in [1.807, 2.05) is 25.1 Å². The zero-order chi connectivity index (χ0) is 18.0. The van der Waals surface area contributed by atoms with Gasteiger partial charge in [-0.15, -0.1) is 0 Å². The van der Waals surface area contributed by atoms with Crippen molar-refractivity contribution in [2.75, 3.05) is 20.2 Å². The summed E-state index contributed by atoms with van der Waals surface area (Å²) in [4.78, 5) is 14.3. The second-order valence-corrected chi connectivity index (χ2v) is 6.88. The lowest BCUT2D eigenvalue weighted by atomic mass is 9.76. The van der Waals surface area contributed by atoms with Crippen molar-refractivity contribution < 1.29 is 4.74 Å². The first kappa shape index (κ1) is 17.6. The SMILES string of the molecule is [B]N1CCC(C#N)(CCn2c(=O)cc(C)c3ccc(OC)cc32)CC1. The van der Waals surface area contributed by atoms with E-state index in [0.717, 1.165) is 35.1 Å². The van der Waals surface area contributed by atoms with Crippen molar-refractivity contribution in [3.05, 3.63) is 40.2 Å². The summed E-state index contributed by atoms with van der Waals surface area (Å²) in [5, 5.41) is 10.7. The molecule has 3 rings (SSSR count). The van der Waals surface area contributed by atoms with Crippen LogP contribution in [0.3, 0.4) is 0 Å². The van der Waals surface area contributed by atoms with Gasteiger partial charge in [-0.25, -0.2) is 0 Å². The quantitative estimate of drug-likeness (QED) is 0.805. The number of aromatic nitrogens is 1. The Morgan fingerprint density at radius 2 is 2.04 bits per heavy atom. The molecule has 25 heavy (non-hydrogen) atoms. The Balaban J connectivity index is 1.96. The van der Waals surface area contributed by atoms with Crippen LogP contribution in [-0.2, 0) is 6.54 Å². The molecule has 1 aliphatic rings. The lowest BCUT2D eigenvalue weighted by Crippen LogP contribution is -2.39. The highest BCUT2D eigenvalue weighted by atomic mass is 16.5. The fraction of sp³-hybridized carbons (Fsp3) is 0.474. The summed E-state index contributed by atoms with van der Waals surface area (Å²) in [5.74, 6) is 0.720. The Labute approximate surface area is 149 Å². The number of pyridine rings is 1. The topological polar surface area (TPSA) is 58.3 Å². The number of piperidine rings is 1. The Hall–Kier alpha value is -2.26. The number of ether oxygens (including phenoxy) is 1. The molecular formula is C19H22BN3O2. The fourth-order valence-electron chi connectivity index (χ4n) is 3.58. The predicted octanol–water partition coefficient (Wildman–Crippen LogP) is 2.40. The minimum Gasteiger partial charge on any atom is -0.497 e. The number of hydrogen-bond acceptors (Lipinski definition) is 4. The summed E-state index contributed by atoms with van der Waals surface area (Å²) >= 11 is 0. The summed E-state index contributed by atoms with van der Waals surface area (Å²) < 4.78 is 7.08. The summed E-state index contributed by atoms with van der Waals surface area (Å²) in [7, 11) is 7.44. The smallest absolute Gasteiger partial charge is 0.251 e. The summed E-state index contributed by atoms with van der Waals surface area (Å²) in [5.41, 5.74) is 1.35. The van der Waals surface area contributed by atoms with Crippen molar-refractivity contribution in [1.29, 1.82) is 5.26 Å². The van der Waals surface area contributed by atoms with Crippen molar-refractivity contribution in [2.45, 2.75) is 32.7 Å². The van der Waals surface area contributed by atoms with E-state index in [-0.39, 0.29) is 5.56 Å². The van der Waals surface area contributed by atoms with Gasteiger partial charge in [0.25, 0.3) is 5.56 Å². The Morgan fingerprint density at radius 1 is 1.32 bits per heavy atom. The monoisotopic (exact) mass is 335 g/mol. The average Bonchev–Trinajstić information content (AvgIpc) is 2.62. The standard InChI is InChI=1S/C19H22BN3O2/c1-14-11-18(24)23(17-12-15(25-2)3-4-16(14)17)10-7-19(13-21)5-8-22(20)9-6-19/h3-4,11-12H,5-10H2,1-2H3. The van der Waals surface area contributed by atoms with Crippen LogP contribution in [0, 0.1) is 23.7 Å². The molecule has 2 aromatic rings. The minimum absolute atomic E-state index is 0.0393. The number of fused-ring (bicyclic) bond motifs is 1. The van der Waals surface area contributed by atoms with E-state index in [9.17, 15) is 10.1 Å². The second kappa shape index (κ2) is 6.93. The third-order valence-electron chi connectivity index (χ3n) is 5.33. The van der Waals surface area contributed by atoms with Crippen molar-refractivity contribution in [3.63, 3.8) is 0 Å². The molecule has 0 unspecified atom stereocenters. The lowest BCUT2D eigenvalue weighted by molar-refractivity contribution is 0.197. The molecule has 0 saturated carbocycles. The van der Waals surface area contributed by atoms with Crippen LogP contribution >= 0.6 is 0 Å². The van der Waals surface area contributed by atoms with E-state index in [4.69, 9.17) is 12.7 Å². The molecule has 5 nitrogen and oxygen atoms in total. The van der Waals surface area contributed by atoms with Gasteiger partial charge in [-0.3, -0.25) is 4.79 Å². The van der Waals surface area contributed by atoms with Crippen LogP contribution in [0.15, 0.2) is 29.1 Å². The zero-order valence-corrected chi connectivity index (χ0v) is 14.8. The predicted molar refractivity (Wildman–Crippen MR) is 98.7 cm³/mol.